The lowest BCUT2D eigenvalue weighted by Crippen LogP contribution is -2.33. The second kappa shape index (κ2) is 9.35. The first-order chi connectivity index (χ1) is 13.9. The first-order valence-corrected chi connectivity index (χ1v) is 10.1. The fraction of sp³-hybridized carbons (Fsp3) is 0.190. The van der Waals surface area contributed by atoms with Gasteiger partial charge in [-0.15, -0.1) is 0 Å². The number of aromatic nitrogens is 2. The molecule has 1 aromatic heterocycles. The normalized spacial score (nSPS) is 10.8. The van der Waals surface area contributed by atoms with Gasteiger partial charge in [0.1, 0.15) is 12.4 Å². The number of halogens is 2. The third-order valence-electron chi connectivity index (χ3n) is 4.32. The lowest BCUT2D eigenvalue weighted by molar-refractivity contribution is -0.116. The lowest BCUT2D eigenvalue weighted by atomic mass is 10.1. The third-order valence-corrected chi connectivity index (χ3v) is 5.05. The molecule has 0 bridgehead atoms. The van der Waals surface area contributed by atoms with Crippen LogP contribution in [0.3, 0.4) is 0 Å². The topological polar surface area (TPSA) is 84.2 Å². The summed E-state index contributed by atoms with van der Waals surface area (Å²) in [6.07, 6.45) is 0.167. The fourth-order valence-corrected chi connectivity index (χ4v) is 3.59. The van der Waals surface area contributed by atoms with Crippen molar-refractivity contribution in [3.63, 3.8) is 0 Å². The van der Waals surface area contributed by atoms with Gasteiger partial charge in [-0.3, -0.25) is 14.2 Å². The second-order valence-electron chi connectivity index (χ2n) is 6.43. The van der Waals surface area contributed by atoms with E-state index in [0.717, 1.165) is 4.47 Å². The maximum absolute atomic E-state index is 13.1. The lowest BCUT2D eigenvalue weighted by Gasteiger charge is -2.16. The molecule has 0 radical (unpaired) electrons. The monoisotopic (exact) mass is 475 g/mol. The van der Waals surface area contributed by atoms with E-state index < -0.39 is 0 Å². The molecule has 150 valence electrons. The molecule has 0 aliphatic heterocycles. The number of aryl methyl sites for hydroxylation is 1. The standard InChI is InChI=1S/C21H19BrClN3O3/c1-13-18(8-9-27)21(29)26(20(24-13)14-4-2-6-16(23)10-14)12-19(28)25-17-7-3-5-15(22)11-17/h2-7,10-11,27H,8-9,12H2,1H3,(H,25,28). The van der Waals surface area contributed by atoms with Gasteiger partial charge < -0.3 is 10.4 Å². The predicted molar refractivity (Wildman–Crippen MR) is 117 cm³/mol. The molecule has 1 heterocycles. The predicted octanol–water partition coefficient (Wildman–Crippen LogP) is 3.81. The quantitative estimate of drug-likeness (QED) is 0.567. The van der Waals surface area contributed by atoms with Crippen LogP contribution < -0.4 is 10.9 Å². The van der Waals surface area contributed by atoms with Crippen LogP contribution in [0.25, 0.3) is 11.4 Å². The van der Waals surface area contributed by atoms with Gasteiger partial charge in [0.25, 0.3) is 5.56 Å². The molecule has 0 unspecified atom stereocenters. The molecular weight excluding hydrogens is 458 g/mol. The summed E-state index contributed by atoms with van der Waals surface area (Å²) in [5.74, 6) is -0.0184. The van der Waals surface area contributed by atoms with Crippen LogP contribution in [0.2, 0.25) is 5.02 Å². The van der Waals surface area contributed by atoms with Gasteiger partial charge >= 0.3 is 0 Å². The minimum absolute atomic E-state index is 0.167. The average Bonchev–Trinajstić information content (AvgIpc) is 2.67. The van der Waals surface area contributed by atoms with Gasteiger partial charge in [0.15, 0.2) is 0 Å². The van der Waals surface area contributed by atoms with E-state index in [1.807, 2.05) is 6.07 Å². The van der Waals surface area contributed by atoms with Gasteiger partial charge in [0, 0.05) is 45.0 Å². The molecule has 0 aliphatic carbocycles. The van der Waals surface area contributed by atoms with E-state index in [2.05, 4.69) is 26.2 Å². The summed E-state index contributed by atoms with van der Waals surface area (Å²) in [6.45, 7) is 1.31. The Morgan fingerprint density at radius 2 is 2.00 bits per heavy atom. The Bertz CT molecular complexity index is 1110. The summed E-state index contributed by atoms with van der Waals surface area (Å²) in [6, 6.07) is 14.1. The minimum Gasteiger partial charge on any atom is -0.396 e. The van der Waals surface area contributed by atoms with Crippen molar-refractivity contribution in [2.75, 3.05) is 11.9 Å². The summed E-state index contributed by atoms with van der Waals surface area (Å²) in [7, 11) is 0. The van der Waals surface area contributed by atoms with Crippen molar-refractivity contribution in [2.45, 2.75) is 19.9 Å². The molecule has 0 spiro atoms. The van der Waals surface area contributed by atoms with E-state index in [9.17, 15) is 14.7 Å². The SMILES string of the molecule is Cc1nc(-c2cccc(Cl)c2)n(CC(=O)Nc2cccc(Br)c2)c(=O)c1CCO. The number of aliphatic hydroxyl groups is 1. The van der Waals surface area contributed by atoms with E-state index in [4.69, 9.17) is 11.6 Å². The van der Waals surface area contributed by atoms with Crippen LogP contribution in [0.15, 0.2) is 57.8 Å². The highest BCUT2D eigenvalue weighted by atomic mass is 79.9. The number of benzene rings is 2. The number of hydrogen-bond donors (Lipinski definition) is 2. The molecule has 8 heteroatoms. The summed E-state index contributed by atoms with van der Waals surface area (Å²) < 4.78 is 2.14. The largest absolute Gasteiger partial charge is 0.396 e. The Hall–Kier alpha value is -2.48. The van der Waals surface area contributed by atoms with E-state index >= 15 is 0 Å². The number of amides is 1. The van der Waals surface area contributed by atoms with Crippen LogP contribution in [0.1, 0.15) is 11.3 Å². The number of nitrogens with one attached hydrogen (secondary N) is 1. The highest BCUT2D eigenvalue weighted by molar-refractivity contribution is 9.10. The van der Waals surface area contributed by atoms with Gasteiger partial charge in [-0.25, -0.2) is 4.98 Å². The van der Waals surface area contributed by atoms with E-state index in [1.54, 1.807) is 49.4 Å². The van der Waals surface area contributed by atoms with Crippen LogP contribution in [0.4, 0.5) is 5.69 Å². The number of carbonyl (C=O) groups excluding carboxylic acids is 1. The molecule has 3 aromatic rings. The number of rotatable bonds is 6. The smallest absolute Gasteiger partial charge is 0.257 e. The number of nitrogens with zero attached hydrogens (tertiary/aromatic N) is 2. The van der Waals surface area contributed by atoms with Crippen molar-refractivity contribution < 1.29 is 9.90 Å². The van der Waals surface area contributed by atoms with Gasteiger partial charge in [-0.2, -0.15) is 0 Å². The molecule has 0 saturated heterocycles. The van der Waals surface area contributed by atoms with Crippen molar-refractivity contribution >= 4 is 39.1 Å². The van der Waals surface area contributed by atoms with E-state index in [1.165, 1.54) is 4.57 Å². The number of aliphatic hydroxyl groups excluding tert-OH is 1. The van der Waals surface area contributed by atoms with Crippen molar-refractivity contribution in [2.24, 2.45) is 0 Å². The summed E-state index contributed by atoms with van der Waals surface area (Å²) in [4.78, 5) is 30.3. The zero-order valence-electron chi connectivity index (χ0n) is 15.7. The minimum atomic E-state index is -0.367. The molecule has 6 nitrogen and oxygen atoms in total. The fourth-order valence-electron chi connectivity index (χ4n) is 3.01. The molecule has 0 fully saturated rings. The second-order valence-corrected chi connectivity index (χ2v) is 7.79. The Balaban J connectivity index is 2.03. The van der Waals surface area contributed by atoms with Crippen LogP contribution in [-0.2, 0) is 17.8 Å². The van der Waals surface area contributed by atoms with Gasteiger partial charge in [-0.05, 0) is 37.3 Å². The molecule has 2 aromatic carbocycles. The highest BCUT2D eigenvalue weighted by Gasteiger charge is 2.18. The van der Waals surface area contributed by atoms with Crippen molar-refractivity contribution in [3.8, 4) is 11.4 Å². The summed E-state index contributed by atoms with van der Waals surface area (Å²) >= 11 is 9.47. The molecule has 1 amide bonds. The highest BCUT2D eigenvalue weighted by Crippen LogP contribution is 2.22. The number of hydrogen-bond acceptors (Lipinski definition) is 4. The van der Waals surface area contributed by atoms with E-state index in [0.29, 0.717) is 33.4 Å². The van der Waals surface area contributed by atoms with Crippen LogP contribution in [0.5, 0.6) is 0 Å². The Kier molecular flexibility index (Phi) is 6.84. The Labute approximate surface area is 181 Å². The maximum Gasteiger partial charge on any atom is 0.257 e. The van der Waals surface area contributed by atoms with Gasteiger partial charge in [-0.1, -0.05) is 45.7 Å². The molecule has 2 N–H and O–H groups in total. The number of anilines is 1. The van der Waals surface area contributed by atoms with Crippen molar-refractivity contribution in [1.29, 1.82) is 0 Å². The average molecular weight is 477 g/mol. The van der Waals surface area contributed by atoms with Crippen LogP contribution in [-0.4, -0.2) is 27.2 Å². The molecule has 29 heavy (non-hydrogen) atoms. The molecule has 3 rings (SSSR count). The Morgan fingerprint density at radius 3 is 2.69 bits per heavy atom. The first-order valence-electron chi connectivity index (χ1n) is 8.91. The zero-order valence-corrected chi connectivity index (χ0v) is 18.0. The summed E-state index contributed by atoms with van der Waals surface area (Å²) in [5, 5.41) is 12.6. The molecule has 0 atom stereocenters. The molecule has 0 aliphatic rings. The van der Waals surface area contributed by atoms with Crippen LogP contribution >= 0.6 is 27.5 Å². The third kappa shape index (κ3) is 5.12. The van der Waals surface area contributed by atoms with Crippen molar-refractivity contribution in [3.05, 3.63) is 79.6 Å². The van der Waals surface area contributed by atoms with Crippen LogP contribution in [0, 0.1) is 6.92 Å². The number of carbonyl (C=O) groups is 1. The van der Waals surface area contributed by atoms with Gasteiger partial charge in [0.2, 0.25) is 5.91 Å². The van der Waals surface area contributed by atoms with Gasteiger partial charge in [0.05, 0.1) is 0 Å². The van der Waals surface area contributed by atoms with E-state index in [-0.39, 0.29) is 31.0 Å². The maximum atomic E-state index is 13.1. The first kappa shape index (κ1) is 21.2. The molecule has 0 saturated carbocycles. The summed E-state index contributed by atoms with van der Waals surface area (Å²) in [5.41, 5.74) is 1.78. The van der Waals surface area contributed by atoms with Crippen molar-refractivity contribution in [1.82, 2.24) is 9.55 Å². The Morgan fingerprint density at radius 1 is 1.24 bits per heavy atom. The molecular formula is C21H19BrClN3O3. The zero-order chi connectivity index (χ0) is 21.0.